The van der Waals surface area contributed by atoms with Crippen LogP contribution in [0.5, 0.6) is 11.5 Å². The Morgan fingerprint density at radius 2 is 1.88 bits per heavy atom. The lowest BCUT2D eigenvalue weighted by molar-refractivity contribution is 0.146. The monoisotopic (exact) mass is 246 g/mol. The van der Waals surface area contributed by atoms with Crippen LogP contribution in [0, 0.1) is 0 Å². The molecule has 0 bridgehead atoms. The van der Waals surface area contributed by atoms with Gasteiger partial charge in [0.2, 0.25) is 0 Å². The van der Waals surface area contributed by atoms with Gasteiger partial charge in [0.15, 0.2) is 11.5 Å². The molecule has 3 nitrogen and oxygen atoms in total. The Morgan fingerprint density at radius 1 is 1.24 bits per heavy atom. The SMILES string of the molecule is COc1cc(C(C)CO)cc(C(F)F)c1OC. The van der Waals surface area contributed by atoms with Crippen LogP contribution in [0.2, 0.25) is 0 Å². The molecule has 0 saturated carbocycles. The van der Waals surface area contributed by atoms with E-state index < -0.39 is 6.43 Å². The highest BCUT2D eigenvalue weighted by Crippen LogP contribution is 2.39. The summed E-state index contributed by atoms with van der Waals surface area (Å²) in [4.78, 5) is 0. The van der Waals surface area contributed by atoms with Gasteiger partial charge in [-0.25, -0.2) is 8.78 Å². The first kappa shape index (κ1) is 13.7. The van der Waals surface area contributed by atoms with E-state index in [0.29, 0.717) is 5.56 Å². The molecule has 5 heteroatoms. The molecule has 0 aliphatic heterocycles. The third-order valence-electron chi connectivity index (χ3n) is 2.61. The lowest BCUT2D eigenvalue weighted by Gasteiger charge is -2.17. The van der Waals surface area contributed by atoms with E-state index in [1.165, 1.54) is 20.3 Å². The van der Waals surface area contributed by atoms with Crippen molar-refractivity contribution in [2.45, 2.75) is 19.3 Å². The summed E-state index contributed by atoms with van der Waals surface area (Å²) in [5, 5.41) is 9.05. The first-order chi connectivity index (χ1) is 8.04. The molecule has 0 fully saturated rings. The number of halogens is 2. The van der Waals surface area contributed by atoms with Crippen LogP contribution in [0.15, 0.2) is 12.1 Å². The number of methoxy groups -OCH3 is 2. The molecule has 1 atom stereocenters. The van der Waals surface area contributed by atoms with E-state index in [2.05, 4.69) is 0 Å². The first-order valence-electron chi connectivity index (χ1n) is 5.20. The molecular formula is C12H16F2O3. The van der Waals surface area contributed by atoms with Gasteiger partial charge in [0.1, 0.15) is 0 Å². The van der Waals surface area contributed by atoms with E-state index in [0.717, 1.165) is 0 Å². The fourth-order valence-electron chi connectivity index (χ4n) is 1.57. The van der Waals surface area contributed by atoms with Crippen LogP contribution in [0.3, 0.4) is 0 Å². The Labute approximate surface area is 99.0 Å². The largest absolute Gasteiger partial charge is 0.493 e. The fraction of sp³-hybridized carbons (Fsp3) is 0.500. The van der Waals surface area contributed by atoms with E-state index in [9.17, 15) is 8.78 Å². The highest BCUT2D eigenvalue weighted by Gasteiger charge is 2.21. The molecule has 1 unspecified atom stereocenters. The van der Waals surface area contributed by atoms with Crippen molar-refractivity contribution < 1.29 is 23.4 Å². The zero-order chi connectivity index (χ0) is 13.0. The van der Waals surface area contributed by atoms with Crippen LogP contribution in [-0.2, 0) is 0 Å². The van der Waals surface area contributed by atoms with Gasteiger partial charge in [0, 0.05) is 12.5 Å². The molecule has 1 N–H and O–H groups in total. The quantitative estimate of drug-likeness (QED) is 0.868. The second-order valence-electron chi connectivity index (χ2n) is 3.73. The van der Waals surface area contributed by atoms with E-state index in [1.54, 1.807) is 13.0 Å². The predicted molar refractivity (Wildman–Crippen MR) is 60.0 cm³/mol. The van der Waals surface area contributed by atoms with Gasteiger partial charge in [0.05, 0.1) is 19.8 Å². The summed E-state index contributed by atoms with van der Waals surface area (Å²) in [5.74, 6) is 0.0595. The summed E-state index contributed by atoms with van der Waals surface area (Å²) < 4.78 is 35.7. The van der Waals surface area contributed by atoms with Gasteiger partial charge in [-0.15, -0.1) is 0 Å². The third kappa shape index (κ3) is 2.85. The van der Waals surface area contributed by atoms with E-state index >= 15 is 0 Å². The highest BCUT2D eigenvalue weighted by molar-refractivity contribution is 5.50. The van der Waals surface area contributed by atoms with Gasteiger partial charge in [-0.05, 0) is 17.7 Å². The van der Waals surface area contributed by atoms with Crippen molar-refractivity contribution in [2.24, 2.45) is 0 Å². The second kappa shape index (κ2) is 5.82. The molecule has 0 aromatic heterocycles. The van der Waals surface area contributed by atoms with E-state index in [4.69, 9.17) is 14.6 Å². The molecule has 0 amide bonds. The summed E-state index contributed by atoms with van der Waals surface area (Å²) in [6, 6.07) is 2.94. The molecule has 0 aliphatic carbocycles. The van der Waals surface area contributed by atoms with Crippen molar-refractivity contribution in [1.82, 2.24) is 0 Å². The van der Waals surface area contributed by atoms with E-state index in [1.807, 2.05) is 0 Å². The summed E-state index contributed by atoms with van der Waals surface area (Å²) >= 11 is 0. The molecule has 1 rings (SSSR count). The molecule has 96 valence electrons. The number of alkyl halides is 2. The lowest BCUT2D eigenvalue weighted by Crippen LogP contribution is -2.03. The van der Waals surface area contributed by atoms with Gasteiger partial charge >= 0.3 is 0 Å². The summed E-state index contributed by atoms with van der Waals surface area (Å²) in [6.45, 7) is 1.63. The normalized spacial score (nSPS) is 12.6. The predicted octanol–water partition coefficient (Wildman–Crippen LogP) is 2.74. The minimum atomic E-state index is -2.65. The zero-order valence-electron chi connectivity index (χ0n) is 10.0. The first-order valence-corrected chi connectivity index (χ1v) is 5.20. The molecule has 17 heavy (non-hydrogen) atoms. The van der Waals surface area contributed by atoms with Crippen molar-refractivity contribution in [1.29, 1.82) is 0 Å². The number of benzene rings is 1. The Bertz CT molecular complexity index is 380. The minimum absolute atomic E-state index is 0.0383. The fourth-order valence-corrected chi connectivity index (χ4v) is 1.57. The average Bonchev–Trinajstić information content (AvgIpc) is 2.35. The van der Waals surface area contributed by atoms with Crippen LogP contribution >= 0.6 is 0 Å². The van der Waals surface area contributed by atoms with Crippen molar-refractivity contribution in [3.63, 3.8) is 0 Å². The van der Waals surface area contributed by atoms with Crippen LogP contribution in [-0.4, -0.2) is 25.9 Å². The zero-order valence-corrected chi connectivity index (χ0v) is 10.0. The van der Waals surface area contributed by atoms with Crippen LogP contribution < -0.4 is 9.47 Å². The van der Waals surface area contributed by atoms with Crippen molar-refractivity contribution in [3.05, 3.63) is 23.3 Å². The van der Waals surface area contributed by atoms with Gasteiger partial charge < -0.3 is 14.6 Å². The Hall–Kier alpha value is -1.36. The van der Waals surface area contributed by atoms with Crippen molar-refractivity contribution in [3.8, 4) is 11.5 Å². The van der Waals surface area contributed by atoms with Crippen LogP contribution in [0.4, 0.5) is 8.78 Å². The summed E-state index contributed by atoms with van der Waals surface area (Å²) in [5.41, 5.74) is 0.377. The topological polar surface area (TPSA) is 38.7 Å². The van der Waals surface area contributed by atoms with Crippen LogP contribution in [0.1, 0.15) is 30.4 Å². The molecule has 0 radical (unpaired) electrons. The Balaban J connectivity index is 3.34. The maximum absolute atomic E-state index is 12.9. The third-order valence-corrected chi connectivity index (χ3v) is 2.61. The van der Waals surface area contributed by atoms with E-state index in [-0.39, 0.29) is 29.6 Å². The average molecular weight is 246 g/mol. The molecule has 0 aliphatic rings. The van der Waals surface area contributed by atoms with Gasteiger partial charge in [-0.1, -0.05) is 6.92 Å². The number of aliphatic hydroxyl groups excluding tert-OH is 1. The number of ether oxygens (including phenoxy) is 2. The Kier molecular flexibility index (Phi) is 4.69. The summed E-state index contributed by atoms with van der Waals surface area (Å²) in [7, 11) is 2.71. The van der Waals surface area contributed by atoms with Gasteiger partial charge in [0.25, 0.3) is 6.43 Å². The van der Waals surface area contributed by atoms with Crippen LogP contribution in [0.25, 0.3) is 0 Å². The molecule has 0 saturated heterocycles. The number of aliphatic hydroxyl groups is 1. The van der Waals surface area contributed by atoms with Gasteiger partial charge in [-0.3, -0.25) is 0 Å². The molecule has 1 aromatic rings. The number of hydrogen-bond acceptors (Lipinski definition) is 3. The molecular weight excluding hydrogens is 230 g/mol. The maximum atomic E-state index is 12.9. The Morgan fingerprint density at radius 3 is 2.29 bits per heavy atom. The lowest BCUT2D eigenvalue weighted by atomic mass is 9.98. The smallest absolute Gasteiger partial charge is 0.267 e. The number of rotatable bonds is 5. The highest BCUT2D eigenvalue weighted by atomic mass is 19.3. The maximum Gasteiger partial charge on any atom is 0.267 e. The summed E-state index contributed by atoms with van der Waals surface area (Å²) in [6.07, 6.45) is -2.65. The van der Waals surface area contributed by atoms with Gasteiger partial charge in [-0.2, -0.15) is 0 Å². The number of hydrogen-bond donors (Lipinski definition) is 1. The second-order valence-corrected chi connectivity index (χ2v) is 3.73. The molecule has 0 heterocycles. The molecule has 1 aromatic carbocycles. The van der Waals surface area contributed by atoms with Crippen molar-refractivity contribution in [2.75, 3.05) is 20.8 Å². The molecule has 0 spiro atoms. The standard InChI is InChI=1S/C12H16F2O3/c1-7(6-15)8-4-9(12(13)14)11(17-3)10(5-8)16-2/h4-5,7,12,15H,6H2,1-3H3. The van der Waals surface area contributed by atoms with Crippen molar-refractivity contribution >= 4 is 0 Å². The minimum Gasteiger partial charge on any atom is -0.493 e.